The van der Waals surface area contributed by atoms with Crippen LogP contribution in [0.4, 0.5) is 4.39 Å². The van der Waals surface area contributed by atoms with Crippen molar-refractivity contribution in [2.24, 2.45) is 0 Å². The van der Waals surface area contributed by atoms with E-state index in [-0.39, 0.29) is 17.8 Å². The van der Waals surface area contributed by atoms with Crippen molar-refractivity contribution in [3.05, 3.63) is 53.1 Å². The van der Waals surface area contributed by atoms with Crippen LogP contribution in [0.2, 0.25) is 0 Å². The number of rotatable bonds is 6. The van der Waals surface area contributed by atoms with Gasteiger partial charge in [0.1, 0.15) is 17.6 Å². The third kappa shape index (κ3) is 4.28. The summed E-state index contributed by atoms with van der Waals surface area (Å²) >= 11 is 0. The van der Waals surface area contributed by atoms with Crippen LogP contribution in [0.5, 0.6) is 0 Å². The molecule has 0 unspecified atom stereocenters. The number of carbonyl (C=O) groups is 1. The maximum Gasteiger partial charge on any atom is 0.272 e. The Kier molecular flexibility index (Phi) is 6.00. The zero-order valence-corrected chi connectivity index (χ0v) is 15.2. The van der Waals surface area contributed by atoms with Crippen molar-refractivity contribution in [3.63, 3.8) is 0 Å². The molecule has 1 aliphatic heterocycles. The lowest BCUT2D eigenvalue weighted by Gasteiger charge is -2.33. The zero-order valence-electron chi connectivity index (χ0n) is 15.2. The molecule has 1 aliphatic rings. The molecule has 3 rings (SSSR count). The fourth-order valence-corrected chi connectivity index (χ4v) is 3.06. The minimum absolute atomic E-state index is 0.0717. The molecule has 0 saturated carbocycles. The van der Waals surface area contributed by atoms with Gasteiger partial charge in [-0.05, 0) is 37.6 Å². The highest BCUT2D eigenvalue weighted by Crippen LogP contribution is 2.23. The number of benzene rings is 1. The molecular weight excluding hydrogens is 337 g/mol. The minimum Gasteiger partial charge on any atom is -0.380 e. The second-order valence-corrected chi connectivity index (χ2v) is 6.25. The van der Waals surface area contributed by atoms with E-state index >= 15 is 0 Å². The quantitative estimate of drug-likeness (QED) is 0.742. The average molecular weight is 361 g/mol. The van der Waals surface area contributed by atoms with Crippen LogP contribution in [0.3, 0.4) is 0 Å². The molecule has 0 N–H and O–H groups in total. The summed E-state index contributed by atoms with van der Waals surface area (Å²) in [7, 11) is 0. The van der Waals surface area contributed by atoms with Crippen LogP contribution >= 0.6 is 0 Å². The van der Waals surface area contributed by atoms with Gasteiger partial charge in [0.25, 0.3) is 5.91 Å². The molecule has 1 amide bonds. The van der Waals surface area contributed by atoms with Crippen LogP contribution in [-0.4, -0.2) is 53.5 Å². The Morgan fingerprint density at radius 3 is 2.88 bits per heavy atom. The van der Waals surface area contributed by atoms with Crippen LogP contribution in [0.15, 0.2) is 30.3 Å². The standard InChI is InChI=1S/C19H24FN3O3/c1-3-25-10-9-23-17(12-14(2)21-23)19(24)22-8-11-26-18(13-22)15-4-6-16(20)7-5-15/h4-7,12,18H,3,8-11,13H2,1-2H3/t18-/m1/s1. The molecule has 1 aromatic heterocycles. The average Bonchev–Trinajstić information content (AvgIpc) is 3.02. The van der Waals surface area contributed by atoms with Crippen molar-refractivity contribution < 1.29 is 18.7 Å². The van der Waals surface area contributed by atoms with E-state index in [4.69, 9.17) is 9.47 Å². The maximum absolute atomic E-state index is 13.1. The molecule has 1 fully saturated rings. The number of nitrogens with zero attached hydrogens (tertiary/aromatic N) is 3. The molecule has 26 heavy (non-hydrogen) atoms. The molecule has 1 aromatic carbocycles. The van der Waals surface area contributed by atoms with Crippen LogP contribution in [0.1, 0.15) is 34.8 Å². The molecule has 7 heteroatoms. The highest BCUT2D eigenvalue weighted by atomic mass is 19.1. The lowest BCUT2D eigenvalue weighted by molar-refractivity contribution is -0.0232. The van der Waals surface area contributed by atoms with Gasteiger partial charge in [0, 0.05) is 13.2 Å². The lowest BCUT2D eigenvalue weighted by atomic mass is 10.1. The van der Waals surface area contributed by atoms with Gasteiger partial charge >= 0.3 is 0 Å². The first-order valence-electron chi connectivity index (χ1n) is 8.87. The van der Waals surface area contributed by atoms with Crippen molar-refractivity contribution in [2.45, 2.75) is 26.5 Å². The smallest absolute Gasteiger partial charge is 0.272 e. The predicted octanol–water partition coefficient (Wildman–Crippen LogP) is 2.58. The van der Waals surface area contributed by atoms with E-state index in [0.29, 0.717) is 45.1 Å². The second kappa shape index (κ2) is 8.42. The van der Waals surface area contributed by atoms with Crippen molar-refractivity contribution in [1.82, 2.24) is 14.7 Å². The fraction of sp³-hybridized carbons (Fsp3) is 0.474. The molecule has 2 aromatic rings. The molecule has 1 atom stereocenters. The Morgan fingerprint density at radius 1 is 1.38 bits per heavy atom. The first kappa shape index (κ1) is 18.5. The molecule has 1 saturated heterocycles. The Morgan fingerprint density at radius 2 is 2.15 bits per heavy atom. The Hall–Kier alpha value is -2.25. The molecular formula is C19H24FN3O3. The van der Waals surface area contributed by atoms with Crippen molar-refractivity contribution in [1.29, 1.82) is 0 Å². The number of halogens is 1. The topological polar surface area (TPSA) is 56.6 Å². The number of aromatic nitrogens is 2. The minimum atomic E-state index is -0.286. The van der Waals surface area contributed by atoms with E-state index in [2.05, 4.69) is 5.10 Å². The van der Waals surface area contributed by atoms with E-state index < -0.39 is 0 Å². The summed E-state index contributed by atoms with van der Waals surface area (Å²) in [6.45, 7) is 6.88. The lowest BCUT2D eigenvalue weighted by Crippen LogP contribution is -2.43. The van der Waals surface area contributed by atoms with E-state index in [1.807, 2.05) is 13.8 Å². The van der Waals surface area contributed by atoms with Crippen LogP contribution in [-0.2, 0) is 16.0 Å². The van der Waals surface area contributed by atoms with Crippen molar-refractivity contribution in [2.75, 3.05) is 32.9 Å². The highest BCUT2D eigenvalue weighted by molar-refractivity contribution is 5.92. The van der Waals surface area contributed by atoms with E-state index in [1.165, 1.54) is 12.1 Å². The zero-order chi connectivity index (χ0) is 18.5. The van der Waals surface area contributed by atoms with Gasteiger partial charge in [-0.3, -0.25) is 9.48 Å². The van der Waals surface area contributed by atoms with Gasteiger partial charge in [-0.2, -0.15) is 5.10 Å². The Balaban J connectivity index is 1.72. The normalized spacial score (nSPS) is 17.5. The molecule has 0 bridgehead atoms. The van der Waals surface area contributed by atoms with Crippen LogP contribution in [0.25, 0.3) is 0 Å². The fourth-order valence-electron chi connectivity index (χ4n) is 3.06. The third-order valence-electron chi connectivity index (χ3n) is 4.37. The molecule has 2 heterocycles. The van der Waals surface area contributed by atoms with Gasteiger partial charge in [0.2, 0.25) is 0 Å². The number of carbonyl (C=O) groups excluding carboxylic acids is 1. The summed E-state index contributed by atoms with van der Waals surface area (Å²) in [4.78, 5) is 14.8. The molecule has 0 spiro atoms. The summed E-state index contributed by atoms with van der Waals surface area (Å²) in [6.07, 6.45) is -0.255. The van der Waals surface area contributed by atoms with E-state index in [1.54, 1.807) is 27.8 Å². The predicted molar refractivity (Wildman–Crippen MR) is 94.5 cm³/mol. The van der Waals surface area contributed by atoms with E-state index in [0.717, 1.165) is 11.3 Å². The summed E-state index contributed by atoms with van der Waals surface area (Å²) < 4.78 is 26.0. The number of ether oxygens (including phenoxy) is 2. The monoisotopic (exact) mass is 361 g/mol. The van der Waals surface area contributed by atoms with Gasteiger partial charge < -0.3 is 14.4 Å². The van der Waals surface area contributed by atoms with Crippen molar-refractivity contribution >= 4 is 5.91 Å². The molecule has 6 nitrogen and oxygen atoms in total. The van der Waals surface area contributed by atoms with Gasteiger partial charge in [0.15, 0.2) is 0 Å². The Bertz CT molecular complexity index is 745. The number of aryl methyl sites for hydroxylation is 1. The van der Waals surface area contributed by atoms with Gasteiger partial charge in [-0.25, -0.2) is 4.39 Å². The van der Waals surface area contributed by atoms with Gasteiger partial charge in [-0.1, -0.05) is 12.1 Å². The second-order valence-electron chi connectivity index (χ2n) is 6.25. The summed E-state index contributed by atoms with van der Waals surface area (Å²) in [5.41, 5.74) is 2.22. The van der Waals surface area contributed by atoms with Gasteiger partial charge in [0.05, 0.1) is 32.0 Å². The summed E-state index contributed by atoms with van der Waals surface area (Å²) in [5, 5.41) is 4.40. The number of hydrogen-bond donors (Lipinski definition) is 0. The first-order chi connectivity index (χ1) is 12.6. The Labute approximate surface area is 152 Å². The van der Waals surface area contributed by atoms with Crippen LogP contribution < -0.4 is 0 Å². The third-order valence-corrected chi connectivity index (χ3v) is 4.37. The number of amides is 1. The summed E-state index contributed by atoms with van der Waals surface area (Å²) in [6, 6.07) is 8.02. The van der Waals surface area contributed by atoms with Gasteiger partial charge in [-0.15, -0.1) is 0 Å². The molecule has 0 aliphatic carbocycles. The largest absolute Gasteiger partial charge is 0.380 e. The van der Waals surface area contributed by atoms with Crippen LogP contribution in [0, 0.1) is 12.7 Å². The number of morpholine rings is 1. The SMILES string of the molecule is CCOCCn1nc(C)cc1C(=O)N1CCO[C@@H](c2ccc(F)cc2)C1. The molecule has 140 valence electrons. The van der Waals surface area contributed by atoms with E-state index in [9.17, 15) is 9.18 Å². The van der Waals surface area contributed by atoms with Crippen molar-refractivity contribution in [3.8, 4) is 0 Å². The summed E-state index contributed by atoms with van der Waals surface area (Å²) in [5.74, 6) is -0.358. The first-order valence-corrected chi connectivity index (χ1v) is 8.87. The maximum atomic E-state index is 13.1. The number of hydrogen-bond acceptors (Lipinski definition) is 4. The highest BCUT2D eigenvalue weighted by Gasteiger charge is 2.28. The molecule has 0 radical (unpaired) electrons.